The molecule has 0 fully saturated rings. The number of likely N-dealkylation sites (N-methyl/N-ethyl adjacent to an activating group) is 1. The minimum atomic E-state index is -0.819. The molecular weight excluding hydrogens is 218 g/mol. The number of carbonyl (C=O) groups is 1. The highest BCUT2D eigenvalue weighted by atomic mass is 35.5. The van der Waals surface area contributed by atoms with Gasteiger partial charge in [0.1, 0.15) is 0 Å². The molecule has 0 rings (SSSR count). The van der Waals surface area contributed by atoms with Crippen molar-refractivity contribution in [3.63, 3.8) is 0 Å². The SMILES string of the molecule is CC[C@@H](C)[C@H](NC)[C@H](CC(=O)O)OC.Cl. The third-order valence-corrected chi connectivity index (χ3v) is 2.67. The zero-order valence-electron chi connectivity index (χ0n) is 9.82. The second-order valence-electron chi connectivity index (χ2n) is 3.57. The molecule has 0 saturated heterocycles. The maximum absolute atomic E-state index is 10.6. The topological polar surface area (TPSA) is 58.6 Å². The van der Waals surface area contributed by atoms with Gasteiger partial charge < -0.3 is 15.2 Å². The van der Waals surface area contributed by atoms with Crippen molar-refractivity contribution >= 4 is 18.4 Å². The first kappa shape index (κ1) is 17.1. The van der Waals surface area contributed by atoms with E-state index in [1.807, 2.05) is 7.05 Å². The Morgan fingerprint density at radius 3 is 2.33 bits per heavy atom. The van der Waals surface area contributed by atoms with E-state index in [9.17, 15) is 4.79 Å². The average Bonchev–Trinajstić information content (AvgIpc) is 2.16. The van der Waals surface area contributed by atoms with E-state index in [-0.39, 0.29) is 31.0 Å². The van der Waals surface area contributed by atoms with E-state index in [1.165, 1.54) is 0 Å². The lowest BCUT2D eigenvalue weighted by molar-refractivity contribution is -0.140. The monoisotopic (exact) mass is 239 g/mol. The molecule has 4 nitrogen and oxygen atoms in total. The Labute approximate surface area is 97.8 Å². The summed E-state index contributed by atoms with van der Waals surface area (Å²) in [5.41, 5.74) is 0. The number of carboxylic acid groups (broad SMARTS) is 1. The molecule has 0 aromatic heterocycles. The van der Waals surface area contributed by atoms with Gasteiger partial charge in [-0.05, 0) is 13.0 Å². The molecule has 0 amide bonds. The number of methoxy groups -OCH3 is 1. The summed E-state index contributed by atoms with van der Waals surface area (Å²) in [5, 5.41) is 11.8. The fourth-order valence-electron chi connectivity index (χ4n) is 1.62. The molecular formula is C10H22ClNO3. The van der Waals surface area contributed by atoms with Crippen LogP contribution >= 0.6 is 12.4 Å². The molecule has 0 unspecified atom stereocenters. The number of rotatable bonds is 7. The Balaban J connectivity index is 0. The number of halogens is 1. The molecule has 0 spiro atoms. The first-order valence-electron chi connectivity index (χ1n) is 4.98. The Morgan fingerprint density at radius 1 is 1.53 bits per heavy atom. The molecule has 5 heteroatoms. The van der Waals surface area contributed by atoms with Gasteiger partial charge in [-0.25, -0.2) is 0 Å². The minimum absolute atomic E-state index is 0. The minimum Gasteiger partial charge on any atom is -0.481 e. The van der Waals surface area contributed by atoms with Crippen LogP contribution in [-0.4, -0.2) is 37.4 Å². The molecule has 2 N–H and O–H groups in total. The predicted octanol–water partition coefficient (Wildman–Crippen LogP) is 1.53. The quantitative estimate of drug-likeness (QED) is 0.708. The lowest BCUT2D eigenvalue weighted by Gasteiger charge is -2.29. The second-order valence-corrected chi connectivity index (χ2v) is 3.57. The van der Waals surface area contributed by atoms with Crippen molar-refractivity contribution < 1.29 is 14.6 Å². The van der Waals surface area contributed by atoms with Crippen molar-refractivity contribution in [3.05, 3.63) is 0 Å². The Hall–Kier alpha value is -0.320. The van der Waals surface area contributed by atoms with Crippen molar-refractivity contribution in [1.29, 1.82) is 0 Å². The van der Waals surface area contributed by atoms with Gasteiger partial charge in [0.15, 0.2) is 0 Å². The predicted molar refractivity (Wildman–Crippen MR) is 62.6 cm³/mol. The van der Waals surface area contributed by atoms with Crippen LogP contribution in [-0.2, 0) is 9.53 Å². The van der Waals surface area contributed by atoms with Crippen molar-refractivity contribution in [2.45, 2.75) is 38.8 Å². The summed E-state index contributed by atoms with van der Waals surface area (Å²) in [6.07, 6.45) is 0.796. The molecule has 92 valence electrons. The molecule has 0 radical (unpaired) electrons. The van der Waals surface area contributed by atoms with Crippen molar-refractivity contribution in [3.8, 4) is 0 Å². The van der Waals surface area contributed by atoms with E-state index in [0.717, 1.165) is 6.42 Å². The molecule has 0 aliphatic carbocycles. The first-order valence-corrected chi connectivity index (χ1v) is 4.98. The fourth-order valence-corrected chi connectivity index (χ4v) is 1.62. The number of aliphatic carboxylic acids is 1. The van der Waals surface area contributed by atoms with E-state index in [2.05, 4.69) is 19.2 Å². The molecule has 0 aromatic rings. The largest absolute Gasteiger partial charge is 0.481 e. The lowest BCUT2D eigenvalue weighted by atomic mass is 9.93. The Kier molecular flexibility index (Phi) is 10.2. The van der Waals surface area contributed by atoms with Crippen LogP contribution in [0.4, 0.5) is 0 Å². The summed E-state index contributed by atoms with van der Waals surface area (Å²) in [6.45, 7) is 4.18. The summed E-state index contributed by atoms with van der Waals surface area (Å²) in [7, 11) is 3.39. The van der Waals surface area contributed by atoms with Gasteiger partial charge in [-0.3, -0.25) is 4.79 Å². The van der Waals surface area contributed by atoms with Crippen molar-refractivity contribution in [1.82, 2.24) is 5.32 Å². The van der Waals surface area contributed by atoms with E-state index >= 15 is 0 Å². The Morgan fingerprint density at radius 2 is 2.07 bits per heavy atom. The molecule has 0 heterocycles. The molecule has 0 saturated carbocycles. The third kappa shape index (κ3) is 5.97. The van der Waals surface area contributed by atoms with Crippen LogP contribution in [0.15, 0.2) is 0 Å². The lowest BCUT2D eigenvalue weighted by Crippen LogP contribution is -2.44. The molecule has 0 aliphatic heterocycles. The van der Waals surface area contributed by atoms with E-state index in [4.69, 9.17) is 9.84 Å². The number of hydrogen-bond acceptors (Lipinski definition) is 3. The van der Waals surface area contributed by atoms with Crippen LogP contribution in [0.5, 0.6) is 0 Å². The summed E-state index contributed by atoms with van der Waals surface area (Å²) >= 11 is 0. The summed E-state index contributed by atoms with van der Waals surface area (Å²) < 4.78 is 5.19. The van der Waals surface area contributed by atoms with Crippen LogP contribution in [0.25, 0.3) is 0 Å². The van der Waals surface area contributed by atoms with Gasteiger partial charge in [-0.2, -0.15) is 0 Å². The molecule has 0 aromatic carbocycles. The van der Waals surface area contributed by atoms with Crippen molar-refractivity contribution in [2.24, 2.45) is 5.92 Å². The summed E-state index contributed by atoms with van der Waals surface area (Å²) in [5.74, 6) is -0.412. The highest BCUT2D eigenvalue weighted by molar-refractivity contribution is 5.85. The van der Waals surface area contributed by atoms with Gasteiger partial charge in [0.05, 0.1) is 12.5 Å². The van der Waals surface area contributed by atoms with E-state index in [1.54, 1.807) is 7.11 Å². The molecule has 0 bridgehead atoms. The second kappa shape index (κ2) is 8.95. The van der Waals surface area contributed by atoms with Gasteiger partial charge in [0, 0.05) is 13.2 Å². The zero-order chi connectivity index (χ0) is 11.1. The molecule has 15 heavy (non-hydrogen) atoms. The number of ether oxygens (including phenoxy) is 1. The third-order valence-electron chi connectivity index (χ3n) is 2.67. The van der Waals surface area contributed by atoms with Gasteiger partial charge in [-0.1, -0.05) is 20.3 Å². The van der Waals surface area contributed by atoms with Crippen LogP contribution < -0.4 is 5.32 Å². The highest BCUT2D eigenvalue weighted by Gasteiger charge is 2.26. The van der Waals surface area contributed by atoms with Crippen LogP contribution in [0.2, 0.25) is 0 Å². The van der Waals surface area contributed by atoms with Crippen molar-refractivity contribution in [2.75, 3.05) is 14.2 Å². The maximum atomic E-state index is 10.6. The van der Waals surface area contributed by atoms with Crippen LogP contribution in [0.1, 0.15) is 26.7 Å². The van der Waals surface area contributed by atoms with E-state index < -0.39 is 5.97 Å². The molecule has 0 aliphatic rings. The molecule has 3 atom stereocenters. The van der Waals surface area contributed by atoms with Crippen LogP contribution in [0.3, 0.4) is 0 Å². The van der Waals surface area contributed by atoms with E-state index in [0.29, 0.717) is 5.92 Å². The highest BCUT2D eigenvalue weighted by Crippen LogP contribution is 2.15. The number of nitrogens with one attached hydrogen (secondary N) is 1. The first-order chi connectivity index (χ1) is 6.56. The van der Waals surface area contributed by atoms with Gasteiger partial charge in [0.25, 0.3) is 0 Å². The number of hydrogen-bond donors (Lipinski definition) is 2. The Bertz CT molecular complexity index is 178. The average molecular weight is 240 g/mol. The summed E-state index contributed by atoms with van der Waals surface area (Å²) in [4.78, 5) is 10.6. The van der Waals surface area contributed by atoms with Crippen LogP contribution in [0, 0.1) is 5.92 Å². The normalized spacial score (nSPS) is 16.3. The van der Waals surface area contributed by atoms with Gasteiger partial charge in [-0.15, -0.1) is 12.4 Å². The zero-order valence-corrected chi connectivity index (χ0v) is 10.6. The number of carboxylic acids is 1. The summed E-state index contributed by atoms with van der Waals surface area (Å²) in [6, 6.07) is 0.0982. The van der Waals surface area contributed by atoms with Gasteiger partial charge >= 0.3 is 5.97 Å². The fraction of sp³-hybridized carbons (Fsp3) is 0.900. The maximum Gasteiger partial charge on any atom is 0.306 e. The van der Waals surface area contributed by atoms with Gasteiger partial charge in [0.2, 0.25) is 0 Å². The standard InChI is InChI=1S/C10H21NO3.ClH/c1-5-7(2)10(11-3)8(14-4)6-9(12)13;/h7-8,10-11H,5-6H2,1-4H3,(H,12,13);1H/t7-,8+,10+;/m1./s1. The smallest absolute Gasteiger partial charge is 0.306 e.